The summed E-state index contributed by atoms with van der Waals surface area (Å²) in [7, 11) is 3.18. The van der Waals surface area contributed by atoms with E-state index in [0.29, 0.717) is 24.5 Å². The van der Waals surface area contributed by atoms with Crippen LogP contribution >= 0.6 is 0 Å². The Morgan fingerprint density at radius 1 is 1.07 bits per heavy atom. The summed E-state index contributed by atoms with van der Waals surface area (Å²) >= 11 is 0. The topological polar surface area (TPSA) is 48.0 Å². The fraction of sp³-hybridized carbons (Fsp3) is 0.381. The zero-order valence-electron chi connectivity index (χ0n) is 15.9. The second kappa shape index (κ2) is 8.91. The fourth-order valence-corrected chi connectivity index (χ4v) is 3.60. The number of carbonyl (C=O) groups is 1. The summed E-state index contributed by atoms with van der Waals surface area (Å²) in [6, 6.07) is 11.7. The number of nitrogens with zero attached hydrogens (tertiary/aromatic N) is 1. The number of hydrogen-bond acceptors (Lipinski definition) is 4. The smallest absolute Gasteiger partial charge is 0.387 e. The van der Waals surface area contributed by atoms with Crippen LogP contribution in [0.1, 0.15) is 36.4 Å². The van der Waals surface area contributed by atoms with Gasteiger partial charge in [0, 0.05) is 13.0 Å². The van der Waals surface area contributed by atoms with Gasteiger partial charge in [-0.3, -0.25) is 4.79 Å². The van der Waals surface area contributed by atoms with Crippen LogP contribution in [0.3, 0.4) is 0 Å². The van der Waals surface area contributed by atoms with Gasteiger partial charge < -0.3 is 19.1 Å². The molecule has 1 amide bonds. The summed E-state index contributed by atoms with van der Waals surface area (Å²) in [4.78, 5) is 14.5. The lowest BCUT2D eigenvalue weighted by molar-refractivity contribution is -0.137. The summed E-state index contributed by atoms with van der Waals surface area (Å²) < 4.78 is 40.1. The van der Waals surface area contributed by atoms with Crippen LogP contribution < -0.4 is 14.2 Å². The van der Waals surface area contributed by atoms with Crippen LogP contribution in [0.5, 0.6) is 17.2 Å². The van der Waals surface area contributed by atoms with E-state index in [9.17, 15) is 13.6 Å². The second-order valence-corrected chi connectivity index (χ2v) is 6.53. The van der Waals surface area contributed by atoms with Gasteiger partial charge in [-0.05, 0) is 42.7 Å². The highest BCUT2D eigenvalue weighted by Gasteiger charge is 2.33. The van der Waals surface area contributed by atoms with Crippen LogP contribution in [0.2, 0.25) is 0 Å². The molecule has 0 N–H and O–H groups in total. The molecule has 1 heterocycles. The van der Waals surface area contributed by atoms with E-state index < -0.39 is 6.61 Å². The van der Waals surface area contributed by atoms with Gasteiger partial charge in [-0.2, -0.15) is 8.78 Å². The molecule has 1 saturated heterocycles. The third kappa shape index (κ3) is 4.35. The number of hydrogen-bond donors (Lipinski definition) is 0. The van der Waals surface area contributed by atoms with Gasteiger partial charge in [0.2, 0.25) is 5.91 Å². The van der Waals surface area contributed by atoms with Crippen molar-refractivity contribution < 1.29 is 27.8 Å². The molecule has 1 unspecified atom stereocenters. The first-order valence-electron chi connectivity index (χ1n) is 9.07. The highest BCUT2D eigenvalue weighted by molar-refractivity contribution is 5.78. The van der Waals surface area contributed by atoms with Gasteiger partial charge in [0.05, 0.1) is 25.8 Å². The summed E-state index contributed by atoms with van der Waals surface area (Å²) in [6.45, 7) is -2.50. The molecule has 0 aliphatic carbocycles. The van der Waals surface area contributed by atoms with E-state index in [1.807, 2.05) is 18.2 Å². The number of benzene rings is 2. The van der Waals surface area contributed by atoms with Gasteiger partial charge >= 0.3 is 6.61 Å². The Morgan fingerprint density at radius 3 is 2.29 bits per heavy atom. The van der Waals surface area contributed by atoms with E-state index >= 15 is 0 Å². The number of piperidine rings is 1. The number of halogens is 2. The van der Waals surface area contributed by atoms with Gasteiger partial charge in [-0.25, -0.2) is 0 Å². The van der Waals surface area contributed by atoms with E-state index in [-0.39, 0.29) is 17.7 Å². The molecule has 7 heteroatoms. The fourth-order valence-electron chi connectivity index (χ4n) is 3.60. The van der Waals surface area contributed by atoms with Crippen molar-refractivity contribution in [1.29, 1.82) is 0 Å². The molecule has 150 valence electrons. The third-order valence-corrected chi connectivity index (χ3v) is 4.87. The number of rotatable bonds is 7. The number of methoxy groups -OCH3 is 2. The summed E-state index contributed by atoms with van der Waals surface area (Å²) in [6.07, 6.45) is 2.04. The van der Waals surface area contributed by atoms with Gasteiger partial charge in [-0.1, -0.05) is 18.2 Å². The largest absolute Gasteiger partial charge is 0.496 e. The quantitative estimate of drug-likeness (QED) is 0.694. The Balaban J connectivity index is 1.89. The Bertz CT molecular complexity index is 788. The normalized spacial score (nSPS) is 17.0. The molecule has 28 heavy (non-hydrogen) atoms. The van der Waals surface area contributed by atoms with Gasteiger partial charge in [0.25, 0.3) is 0 Å². The maximum absolute atomic E-state index is 12.7. The van der Waals surface area contributed by atoms with E-state index in [1.165, 1.54) is 12.1 Å². The van der Waals surface area contributed by atoms with Gasteiger partial charge in [0.1, 0.15) is 17.2 Å². The molecule has 1 atom stereocenters. The molecule has 0 bridgehead atoms. The van der Waals surface area contributed by atoms with Crippen LogP contribution in [0.15, 0.2) is 42.5 Å². The lowest BCUT2D eigenvalue weighted by Gasteiger charge is -2.37. The van der Waals surface area contributed by atoms with Crippen LogP contribution in [-0.4, -0.2) is 31.6 Å². The van der Waals surface area contributed by atoms with Crippen LogP contribution in [0.4, 0.5) is 8.78 Å². The maximum atomic E-state index is 12.7. The average Bonchev–Trinajstić information content (AvgIpc) is 2.70. The van der Waals surface area contributed by atoms with Crippen LogP contribution in [-0.2, 0) is 11.3 Å². The number of carbonyl (C=O) groups excluding carboxylic acids is 1. The van der Waals surface area contributed by atoms with Crippen LogP contribution in [0.25, 0.3) is 0 Å². The molecule has 1 aliphatic heterocycles. The van der Waals surface area contributed by atoms with Crippen molar-refractivity contribution in [2.45, 2.75) is 38.5 Å². The van der Waals surface area contributed by atoms with Crippen molar-refractivity contribution in [1.82, 2.24) is 4.90 Å². The van der Waals surface area contributed by atoms with Gasteiger partial charge in [-0.15, -0.1) is 0 Å². The lowest BCUT2D eigenvalue weighted by Crippen LogP contribution is -2.38. The number of alkyl halides is 2. The van der Waals surface area contributed by atoms with Crippen molar-refractivity contribution in [3.8, 4) is 17.2 Å². The second-order valence-electron chi connectivity index (χ2n) is 6.53. The maximum Gasteiger partial charge on any atom is 0.387 e. The molecule has 2 aromatic carbocycles. The van der Waals surface area contributed by atoms with Crippen molar-refractivity contribution in [2.24, 2.45) is 0 Å². The molecule has 0 spiro atoms. The Labute approximate surface area is 162 Å². The molecular weight excluding hydrogens is 368 g/mol. The molecule has 5 nitrogen and oxygen atoms in total. The minimum atomic E-state index is -2.86. The number of amides is 1. The Morgan fingerprint density at radius 2 is 1.71 bits per heavy atom. The predicted octanol–water partition coefficient (Wildman–Crippen LogP) is 4.56. The molecule has 2 aromatic rings. The summed E-state index contributed by atoms with van der Waals surface area (Å²) in [5.74, 6) is 1.47. The molecule has 0 aromatic heterocycles. The third-order valence-electron chi connectivity index (χ3n) is 4.87. The predicted molar refractivity (Wildman–Crippen MR) is 99.8 cm³/mol. The summed E-state index contributed by atoms with van der Waals surface area (Å²) in [5.41, 5.74) is 1.67. The monoisotopic (exact) mass is 391 g/mol. The summed E-state index contributed by atoms with van der Waals surface area (Å²) in [5, 5.41) is 0. The minimum Gasteiger partial charge on any atom is -0.496 e. The van der Waals surface area contributed by atoms with Gasteiger partial charge in [0.15, 0.2) is 0 Å². The first-order chi connectivity index (χ1) is 13.5. The molecule has 1 fully saturated rings. The molecule has 1 aliphatic rings. The van der Waals surface area contributed by atoms with E-state index in [4.69, 9.17) is 9.47 Å². The number of ether oxygens (including phenoxy) is 3. The highest BCUT2D eigenvalue weighted by Crippen LogP contribution is 2.42. The SMILES string of the molecule is COc1cccc(OC)c1C1CCCC(=O)N1Cc1ccc(OC(F)F)cc1. The first kappa shape index (κ1) is 19.9. The zero-order chi connectivity index (χ0) is 20.1. The first-order valence-corrected chi connectivity index (χ1v) is 9.07. The van der Waals surface area contributed by atoms with Crippen molar-refractivity contribution in [2.75, 3.05) is 14.2 Å². The lowest BCUT2D eigenvalue weighted by atomic mass is 9.92. The van der Waals surface area contributed by atoms with Crippen molar-refractivity contribution >= 4 is 5.91 Å². The molecular formula is C21H23F2NO4. The Hall–Kier alpha value is -2.83. The Kier molecular flexibility index (Phi) is 6.34. The zero-order valence-corrected chi connectivity index (χ0v) is 15.9. The van der Waals surface area contributed by atoms with Crippen LogP contribution in [0, 0.1) is 0 Å². The van der Waals surface area contributed by atoms with E-state index in [0.717, 1.165) is 24.0 Å². The molecule has 0 radical (unpaired) electrons. The van der Waals surface area contributed by atoms with Crippen molar-refractivity contribution in [3.05, 3.63) is 53.6 Å². The minimum absolute atomic E-state index is 0.0390. The number of likely N-dealkylation sites (tertiary alicyclic amines) is 1. The highest BCUT2D eigenvalue weighted by atomic mass is 19.3. The standard InChI is InChI=1S/C21H23F2NO4/c1-26-17-6-4-7-18(27-2)20(17)16-5-3-8-19(25)24(16)13-14-9-11-15(12-10-14)28-21(22)23/h4,6-7,9-12,16,21H,3,5,8,13H2,1-2H3. The molecule has 3 rings (SSSR count). The molecule has 0 saturated carbocycles. The van der Waals surface area contributed by atoms with E-state index in [2.05, 4.69) is 4.74 Å². The van der Waals surface area contributed by atoms with Crippen molar-refractivity contribution in [3.63, 3.8) is 0 Å². The average molecular weight is 391 g/mol. The van der Waals surface area contributed by atoms with E-state index in [1.54, 1.807) is 31.3 Å².